The summed E-state index contributed by atoms with van der Waals surface area (Å²) in [6.07, 6.45) is 8.72. The van der Waals surface area contributed by atoms with Crippen LogP contribution in [0, 0.1) is 5.92 Å². The highest BCUT2D eigenvalue weighted by atomic mass is 35.5. The molecule has 0 radical (unpaired) electrons. The van der Waals surface area contributed by atoms with Crippen LogP contribution in [0.5, 0.6) is 0 Å². The highest BCUT2D eigenvalue weighted by molar-refractivity contribution is 6.33. The summed E-state index contributed by atoms with van der Waals surface area (Å²) in [6.45, 7) is 6.25. The number of aromatic nitrogens is 1. The Bertz CT molecular complexity index is 489. The zero-order valence-electron chi connectivity index (χ0n) is 13.1. The summed E-state index contributed by atoms with van der Waals surface area (Å²) >= 11 is 6.52. The molecular formula is C17H26ClN3. The Morgan fingerprint density at radius 2 is 2.14 bits per heavy atom. The van der Waals surface area contributed by atoms with E-state index in [9.17, 15) is 0 Å². The summed E-state index contributed by atoms with van der Waals surface area (Å²) < 4.78 is 0. The van der Waals surface area contributed by atoms with Crippen LogP contribution >= 0.6 is 11.6 Å². The van der Waals surface area contributed by atoms with Crippen molar-refractivity contribution in [2.45, 2.75) is 64.6 Å². The van der Waals surface area contributed by atoms with Crippen molar-refractivity contribution in [3.63, 3.8) is 0 Å². The summed E-state index contributed by atoms with van der Waals surface area (Å²) in [5.74, 6) is 1.86. The molecule has 21 heavy (non-hydrogen) atoms. The van der Waals surface area contributed by atoms with Crippen molar-refractivity contribution in [1.29, 1.82) is 0 Å². The quantitative estimate of drug-likeness (QED) is 0.911. The lowest BCUT2D eigenvalue weighted by atomic mass is 9.85. The van der Waals surface area contributed by atoms with Crippen LogP contribution in [0.4, 0.5) is 5.82 Å². The molecule has 3 nitrogen and oxygen atoms in total. The number of hydrogen-bond acceptors (Lipinski definition) is 3. The second kappa shape index (κ2) is 6.53. The van der Waals surface area contributed by atoms with Gasteiger partial charge in [-0.05, 0) is 36.8 Å². The van der Waals surface area contributed by atoms with Gasteiger partial charge in [0.25, 0.3) is 0 Å². The average molecular weight is 308 g/mol. The Morgan fingerprint density at radius 1 is 1.33 bits per heavy atom. The van der Waals surface area contributed by atoms with Gasteiger partial charge in [0.1, 0.15) is 5.82 Å². The summed E-state index contributed by atoms with van der Waals surface area (Å²) in [7, 11) is 0. The van der Waals surface area contributed by atoms with E-state index < -0.39 is 0 Å². The van der Waals surface area contributed by atoms with Crippen LogP contribution in [0.2, 0.25) is 5.02 Å². The van der Waals surface area contributed by atoms with Gasteiger partial charge in [-0.15, -0.1) is 0 Å². The number of nitrogens with one attached hydrogen (secondary N) is 1. The van der Waals surface area contributed by atoms with E-state index >= 15 is 0 Å². The molecule has 1 saturated heterocycles. The highest BCUT2D eigenvalue weighted by Gasteiger charge is 2.36. The fraction of sp³-hybridized carbons (Fsp3) is 0.706. The predicted molar refractivity (Wildman–Crippen MR) is 88.9 cm³/mol. The van der Waals surface area contributed by atoms with Gasteiger partial charge in [0.05, 0.1) is 5.02 Å². The molecule has 2 unspecified atom stereocenters. The third kappa shape index (κ3) is 3.35. The maximum absolute atomic E-state index is 6.52. The van der Waals surface area contributed by atoms with Crippen molar-refractivity contribution in [3.05, 3.63) is 22.8 Å². The number of pyridine rings is 1. The molecule has 0 bridgehead atoms. The summed E-state index contributed by atoms with van der Waals surface area (Å²) in [5, 5.41) is 4.22. The van der Waals surface area contributed by atoms with Crippen LogP contribution in [0.1, 0.15) is 51.5 Å². The normalized spacial score (nSPS) is 25.4. The fourth-order valence-corrected chi connectivity index (χ4v) is 4.07. The largest absolute Gasteiger partial charge is 0.352 e. The Kier molecular flexibility index (Phi) is 4.70. The minimum absolute atomic E-state index is 0.477. The van der Waals surface area contributed by atoms with Crippen molar-refractivity contribution in [2.24, 2.45) is 5.92 Å². The number of anilines is 1. The zero-order chi connectivity index (χ0) is 14.8. The monoisotopic (exact) mass is 307 g/mol. The number of nitrogens with zero attached hydrogens (tertiary/aromatic N) is 2. The molecule has 3 rings (SSSR count). The Hall–Kier alpha value is -0.800. The first kappa shape index (κ1) is 15.1. The van der Waals surface area contributed by atoms with Crippen LogP contribution in [0.25, 0.3) is 0 Å². The van der Waals surface area contributed by atoms with Gasteiger partial charge in [0.2, 0.25) is 0 Å². The molecule has 1 aliphatic heterocycles. The molecule has 2 fully saturated rings. The van der Waals surface area contributed by atoms with Crippen LogP contribution in [-0.4, -0.2) is 23.6 Å². The van der Waals surface area contributed by atoms with Gasteiger partial charge >= 0.3 is 0 Å². The first-order valence-corrected chi connectivity index (χ1v) is 8.67. The molecular weight excluding hydrogens is 282 g/mol. The Morgan fingerprint density at radius 3 is 2.90 bits per heavy atom. The molecule has 0 spiro atoms. The molecule has 2 aliphatic rings. The molecule has 1 aromatic rings. The maximum atomic E-state index is 6.52. The molecule has 0 aromatic carbocycles. The molecule has 0 amide bonds. The molecule has 1 aliphatic carbocycles. The third-order valence-corrected chi connectivity index (χ3v) is 5.15. The summed E-state index contributed by atoms with van der Waals surface area (Å²) in [4.78, 5) is 7.15. The first-order valence-electron chi connectivity index (χ1n) is 8.29. The van der Waals surface area contributed by atoms with Gasteiger partial charge in [0, 0.05) is 31.4 Å². The van der Waals surface area contributed by atoms with E-state index in [2.05, 4.69) is 35.1 Å². The first-order chi connectivity index (χ1) is 10.1. The van der Waals surface area contributed by atoms with Gasteiger partial charge in [-0.1, -0.05) is 38.3 Å². The van der Waals surface area contributed by atoms with Gasteiger partial charge in [0.15, 0.2) is 0 Å². The molecule has 2 heterocycles. The van der Waals surface area contributed by atoms with Gasteiger partial charge < -0.3 is 10.2 Å². The van der Waals surface area contributed by atoms with Gasteiger partial charge in [-0.3, -0.25) is 0 Å². The zero-order valence-corrected chi connectivity index (χ0v) is 13.9. The standard InChI is InChI=1S/C17H26ClN3/c1-12(2)19-10-13-9-15(18)17(20-11-13)21-8-7-14-5-3-4-6-16(14)21/h9,11-12,14,16,19H,3-8,10H2,1-2H3. The van der Waals surface area contributed by atoms with E-state index in [-0.39, 0.29) is 0 Å². The molecule has 2 atom stereocenters. The lowest BCUT2D eigenvalue weighted by molar-refractivity contribution is 0.341. The number of rotatable bonds is 4. The number of fused-ring (bicyclic) bond motifs is 1. The minimum Gasteiger partial charge on any atom is -0.352 e. The van der Waals surface area contributed by atoms with Crippen LogP contribution < -0.4 is 10.2 Å². The minimum atomic E-state index is 0.477. The van der Waals surface area contributed by atoms with Crippen molar-refractivity contribution >= 4 is 17.4 Å². The number of halogens is 1. The predicted octanol–water partition coefficient (Wildman–Crippen LogP) is 4.00. The average Bonchev–Trinajstić information content (AvgIpc) is 2.89. The van der Waals surface area contributed by atoms with E-state index in [1.165, 1.54) is 32.1 Å². The van der Waals surface area contributed by atoms with Crippen LogP contribution in [-0.2, 0) is 6.54 Å². The van der Waals surface area contributed by atoms with E-state index in [1.807, 2.05) is 6.20 Å². The van der Waals surface area contributed by atoms with E-state index in [1.54, 1.807) is 0 Å². The third-order valence-electron chi connectivity index (χ3n) is 4.87. The van der Waals surface area contributed by atoms with Gasteiger partial charge in [-0.25, -0.2) is 4.98 Å². The van der Waals surface area contributed by atoms with Crippen molar-refractivity contribution in [2.75, 3.05) is 11.4 Å². The van der Waals surface area contributed by atoms with E-state index in [0.29, 0.717) is 12.1 Å². The molecule has 1 N–H and O–H groups in total. The second-order valence-corrected chi connectivity index (χ2v) is 7.19. The van der Waals surface area contributed by atoms with Crippen molar-refractivity contribution in [1.82, 2.24) is 10.3 Å². The lowest BCUT2D eigenvalue weighted by Gasteiger charge is -2.32. The van der Waals surface area contributed by atoms with E-state index in [4.69, 9.17) is 11.6 Å². The number of hydrogen-bond donors (Lipinski definition) is 1. The van der Waals surface area contributed by atoms with Crippen molar-refractivity contribution < 1.29 is 0 Å². The summed E-state index contributed by atoms with van der Waals surface area (Å²) in [5.41, 5.74) is 1.16. The Labute approximate surface area is 133 Å². The SMILES string of the molecule is CC(C)NCc1cnc(N2CCC3CCCCC32)c(Cl)c1. The maximum Gasteiger partial charge on any atom is 0.147 e. The van der Waals surface area contributed by atoms with Crippen LogP contribution in [0.15, 0.2) is 12.3 Å². The topological polar surface area (TPSA) is 28.2 Å². The second-order valence-electron chi connectivity index (χ2n) is 6.78. The molecule has 116 valence electrons. The molecule has 1 saturated carbocycles. The smallest absolute Gasteiger partial charge is 0.147 e. The lowest BCUT2D eigenvalue weighted by Crippen LogP contribution is -2.35. The summed E-state index contributed by atoms with van der Waals surface area (Å²) in [6, 6.07) is 3.23. The van der Waals surface area contributed by atoms with Crippen molar-refractivity contribution in [3.8, 4) is 0 Å². The van der Waals surface area contributed by atoms with Gasteiger partial charge in [-0.2, -0.15) is 0 Å². The van der Waals surface area contributed by atoms with Crippen LogP contribution in [0.3, 0.4) is 0 Å². The highest BCUT2D eigenvalue weighted by Crippen LogP contribution is 2.40. The van der Waals surface area contributed by atoms with E-state index in [0.717, 1.165) is 35.4 Å². The fourth-order valence-electron chi connectivity index (χ4n) is 3.77. The Balaban J connectivity index is 1.73. The molecule has 1 aromatic heterocycles. The molecule has 4 heteroatoms.